The van der Waals surface area contributed by atoms with E-state index in [-0.39, 0.29) is 49.4 Å². The molecular weight excluding hydrogens is 658 g/mol. The van der Waals surface area contributed by atoms with Gasteiger partial charge < -0.3 is 42.4 Å². The molecule has 0 bridgehead atoms. The number of nitrogens with two attached hydrogens (primary N) is 2. The number of aryl methyl sites for hydroxylation is 1. The normalized spacial score (nSPS) is 12.3. The van der Waals surface area contributed by atoms with Gasteiger partial charge in [-0.15, -0.1) is 0 Å². The number of likely N-dealkylation sites (N-methyl/N-ethyl adjacent to an activating group) is 1. The molecule has 2 aromatic carbocycles. The lowest BCUT2D eigenvalue weighted by Crippen LogP contribution is -2.39. The number of benzene rings is 2. The number of nitrogens with one attached hydrogen (secondary N) is 3. The maximum absolute atomic E-state index is 12.6. The highest BCUT2D eigenvalue weighted by Crippen LogP contribution is 2.18. The van der Waals surface area contributed by atoms with Gasteiger partial charge in [-0.1, -0.05) is 76.6 Å². The first kappa shape index (κ1) is 48.0. The summed E-state index contributed by atoms with van der Waals surface area (Å²) >= 11 is 0. The minimum atomic E-state index is -0.953. The van der Waals surface area contributed by atoms with E-state index in [9.17, 15) is 28.8 Å². The molecule has 4 amide bonds. The largest absolute Gasteiger partial charge is 0.481 e. The van der Waals surface area contributed by atoms with Crippen LogP contribution < -0.4 is 27.4 Å². The number of hydrogen-bond donors (Lipinski definition) is 7. The maximum atomic E-state index is 12.6. The summed E-state index contributed by atoms with van der Waals surface area (Å²) in [5, 5.41) is 25.5. The highest BCUT2D eigenvalue weighted by Gasteiger charge is 2.22. The van der Waals surface area contributed by atoms with Crippen LogP contribution in [0.25, 0.3) is 0 Å². The highest BCUT2D eigenvalue weighted by molar-refractivity contribution is 5.94. The minimum Gasteiger partial charge on any atom is -0.481 e. The molecule has 0 aromatic heterocycles. The molecule has 4 atom stereocenters. The maximum Gasteiger partial charge on any atom is 0.304 e. The molecule has 14 heteroatoms. The van der Waals surface area contributed by atoms with Crippen LogP contribution in [0.15, 0.2) is 54.6 Å². The van der Waals surface area contributed by atoms with E-state index >= 15 is 0 Å². The minimum absolute atomic E-state index is 0.0472. The summed E-state index contributed by atoms with van der Waals surface area (Å²) in [7, 11) is 1.57. The van der Waals surface area contributed by atoms with Gasteiger partial charge in [0.25, 0.3) is 0 Å². The van der Waals surface area contributed by atoms with Crippen molar-refractivity contribution in [2.24, 2.45) is 29.2 Å². The number of hydrogen-bond acceptors (Lipinski definition) is 8. The van der Waals surface area contributed by atoms with Crippen molar-refractivity contribution in [1.29, 1.82) is 0 Å². The van der Waals surface area contributed by atoms with Crippen LogP contribution in [0.3, 0.4) is 0 Å². The Hall–Kier alpha value is -5.11. The van der Waals surface area contributed by atoms with Crippen LogP contribution in [0.1, 0.15) is 77.8 Å². The van der Waals surface area contributed by atoms with Crippen molar-refractivity contribution in [3.8, 4) is 0 Å². The Morgan fingerprint density at radius 1 is 0.863 bits per heavy atom. The van der Waals surface area contributed by atoms with E-state index < -0.39 is 29.8 Å². The Balaban J connectivity index is 0. The molecule has 284 valence electrons. The van der Waals surface area contributed by atoms with Gasteiger partial charge in [-0.05, 0) is 67.8 Å². The summed E-state index contributed by atoms with van der Waals surface area (Å²) in [6.07, 6.45) is 4.14. The number of carboxylic acid groups (broad SMARTS) is 2. The monoisotopic (exact) mass is 715 g/mol. The zero-order valence-electron chi connectivity index (χ0n) is 30.6. The molecule has 0 saturated carbocycles. The molecule has 51 heavy (non-hydrogen) atoms. The van der Waals surface area contributed by atoms with Crippen molar-refractivity contribution in [2.45, 2.75) is 91.6 Å². The van der Waals surface area contributed by atoms with E-state index in [4.69, 9.17) is 20.7 Å². The average Bonchev–Trinajstić information content (AvgIpc) is 3.07. The zero-order valence-corrected chi connectivity index (χ0v) is 30.6. The molecule has 4 unspecified atom stereocenters. The fourth-order valence-corrected chi connectivity index (χ4v) is 4.46. The molecule has 9 N–H and O–H groups in total. The third-order valence-corrected chi connectivity index (χ3v) is 7.39. The van der Waals surface area contributed by atoms with Crippen molar-refractivity contribution in [1.82, 2.24) is 10.6 Å². The molecule has 0 aliphatic carbocycles. The van der Waals surface area contributed by atoms with Crippen LogP contribution in [-0.4, -0.2) is 71.7 Å². The second-order valence-corrected chi connectivity index (χ2v) is 12.2. The van der Waals surface area contributed by atoms with Crippen LogP contribution in [-0.2, 0) is 46.4 Å². The Kier molecular flexibility index (Phi) is 27.0. The van der Waals surface area contributed by atoms with E-state index in [0.717, 1.165) is 24.7 Å². The summed E-state index contributed by atoms with van der Waals surface area (Å²) in [6.45, 7) is 9.68. The van der Waals surface area contributed by atoms with Crippen molar-refractivity contribution < 1.29 is 43.8 Å². The van der Waals surface area contributed by atoms with Gasteiger partial charge in [0.2, 0.25) is 24.1 Å². The fraction of sp³-hybridized carbons (Fsp3) is 0.486. The van der Waals surface area contributed by atoms with E-state index in [0.29, 0.717) is 24.4 Å². The van der Waals surface area contributed by atoms with Crippen molar-refractivity contribution >= 4 is 48.0 Å². The second-order valence-electron chi connectivity index (χ2n) is 12.2. The number of amides is 4. The Morgan fingerprint density at radius 2 is 1.43 bits per heavy atom. The number of aldehydes is 1. The van der Waals surface area contributed by atoms with Crippen molar-refractivity contribution in [3.63, 3.8) is 0 Å². The number of aliphatic carboxylic acids is 2. The number of carbonyl (C=O) groups is 7. The van der Waals surface area contributed by atoms with Gasteiger partial charge in [0.1, 0.15) is 6.29 Å². The Labute approximate surface area is 301 Å². The summed E-state index contributed by atoms with van der Waals surface area (Å²) in [4.78, 5) is 73.8. The molecule has 0 spiro atoms. The predicted molar refractivity (Wildman–Crippen MR) is 196 cm³/mol. The Bertz CT molecular complexity index is 1320. The van der Waals surface area contributed by atoms with Gasteiger partial charge in [-0.3, -0.25) is 28.8 Å². The van der Waals surface area contributed by atoms with Crippen LogP contribution in [0.4, 0.5) is 5.69 Å². The predicted octanol–water partition coefficient (Wildman–Crippen LogP) is 3.31. The van der Waals surface area contributed by atoms with Crippen molar-refractivity contribution in [2.75, 3.05) is 12.4 Å². The standard InChI is InChI=1S/C22H27NO3.C8H15NO2.C6H12N2O3.CH3NO/c1-16(2)14-18-9-12-20(13-10-18)23-22(26)19(15-21(24)25)11-8-17-6-4-3-5-7-17;1-4-6(2)8(5-10)9-7(3)11;1-8-4(6(7)11)2-3-5(9)10;2-1-3/h3-7,9-10,12-13,16,19H,8,11,14-15H2,1-2H3,(H,23,26)(H,24,25);5-6,8H,4H2,1-3H3,(H,9,11);4,8H,2-3H2,1H3,(H2,7,11)(H,9,10);1H,(H2,2,3). The topological polar surface area (TPSA) is 248 Å². The first-order valence-corrected chi connectivity index (χ1v) is 16.8. The van der Waals surface area contributed by atoms with Crippen LogP contribution in [0.2, 0.25) is 0 Å². The molecule has 0 aliphatic heterocycles. The quantitative estimate of drug-likeness (QED) is 0.111. The summed E-state index contributed by atoms with van der Waals surface area (Å²) in [5.41, 5.74) is 12.1. The first-order valence-electron chi connectivity index (χ1n) is 16.8. The SMILES string of the molecule is CC(C)Cc1ccc(NC(=O)C(CCc2ccccc2)CC(=O)O)cc1.CCC(C)C(C=O)NC(C)=O.CNC(CCC(=O)O)C(N)=O.NC=O. The number of carbonyl (C=O) groups excluding carboxylic acids is 5. The van der Waals surface area contributed by atoms with Gasteiger partial charge in [0.05, 0.1) is 18.5 Å². The second kappa shape index (κ2) is 28.7. The molecule has 2 aromatic rings. The molecule has 2 rings (SSSR count). The molecule has 0 fully saturated rings. The van der Waals surface area contributed by atoms with Gasteiger partial charge >= 0.3 is 11.9 Å². The Morgan fingerprint density at radius 3 is 1.84 bits per heavy atom. The van der Waals surface area contributed by atoms with Gasteiger partial charge in [0, 0.05) is 24.9 Å². The number of primary amides is 2. The molecular formula is C37H57N5O9. The van der Waals surface area contributed by atoms with E-state index in [1.165, 1.54) is 12.5 Å². The first-order chi connectivity index (χ1) is 24.0. The molecule has 0 aliphatic rings. The summed E-state index contributed by atoms with van der Waals surface area (Å²) in [5.74, 6) is -2.54. The zero-order chi connectivity index (χ0) is 39.4. The van der Waals surface area contributed by atoms with Gasteiger partial charge in [-0.25, -0.2) is 0 Å². The van der Waals surface area contributed by atoms with Gasteiger partial charge in [0.15, 0.2) is 0 Å². The van der Waals surface area contributed by atoms with E-state index in [2.05, 4.69) is 35.5 Å². The highest BCUT2D eigenvalue weighted by atomic mass is 16.4. The lowest BCUT2D eigenvalue weighted by Gasteiger charge is -2.16. The van der Waals surface area contributed by atoms with E-state index in [1.807, 2.05) is 68.4 Å². The smallest absolute Gasteiger partial charge is 0.304 e. The lowest BCUT2D eigenvalue weighted by atomic mass is 9.95. The van der Waals surface area contributed by atoms with Gasteiger partial charge in [-0.2, -0.15) is 0 Å². The van der Waals surface area contributed by atoms with Crippen LogP contribution >= 0.6 is 0 Å². The molecule has 0 heterocycles. The number of carboxylic acids is 2. The lowest BCUT2D eigenvalue weighted by molar-refractivity contribution is -0.140. The average molecular weight is 716 g/mol. The molecule has 0 radical (unpaired) electrons. The third kappa shape index (κ3) is 25.5. The van der Waals surface area contributed by atoms with Crippen LogP contribution in [0.5, 0.6) is 0 Å². The summed E-state index contributed by atoms with van der Waals surface area (Å²) in [6, 6.07) is 16.7. The number of anilines is 1. The van der Waals surface area contributed by atoms with Crippen molar-refractivity contribution in [3.05, 3.63) is 65.7 Å². The molecule has 0 saturated heterocycles. The fourth-order valence-electron chi connectivity index (χ4n) is 4.46. The number of rotatable bonds is 18. The van der Waals surface area contributed by atoms with E-state index in [1.54, 1.807) is 7.05 Å². The third-order valence-electron chi connectivity index (χ3n) is 7.39. The molecule has 14 nitrogen and oxygen atoms in total. The van der Waals surface area contributed by atoms with Crippen LogP contribution in [0, 0.1) is 17.8 Å². The summed E-state index contributed by atoms with van der Waals surface area (Å²) < 4.78 is 0.